The van der Waals surface area contributed by atoms with Gasteiger partial charge in [0.15, 0.2) is 0 Å². The van der Waals surface area contributed by atoms with E-state index in [4.69, 9.17) is 27.9 Å². The van der Waals surface area contributed by atoms with Gasteiger partial charge in [-0.05, 0) is 41.5 Å². The van der Waals surface area contributed by atoms with Gasteiger partial charge >= 0.3 is 5.97 Å². The van der Waals surface area contributed by atoms with E-state index in [0.29, 0.717) is 15.8 Å². The van der Waals surface area contributed by atoms with Gasteiger partial charge in [0.25, 0.3) is 0 Å². The molecule has 1 amide bonds. The molecule has 0 aliphatic heterocycles. The van der Waals surface area contributed by atoms with Crippen LogP contribution in [-0.2, 0) is 16.1 Å². The Balaban J connectivity index is 2.12. The van der Waals surface area contributed by atoms with E-state index in [1.54, 1.807) is 35.2 Å². The Morgan fingerprint density at radius 2 is 1.64 bits per heavy atom. The van der Waals surface area contributed by atoms with Crippen LogP contribution in [-0.4, -0.2) is 16.8 Å². The van der Waals surface area contributed by atoms with Crippen molar-refractivity contribution in [2.24, 2.45) is 0 Å². The number of ether oxygens (including phenoxy) is 1. The number of hydrogen-bond donors (Lipinski definition) is 0. The van der Waals surface area contributed by atoms with Gasteiger partial charge in [-0.2, -0.15) is 0 Å². The molecule has 3 aromatic carbocycles. The summed E-state index contributed by atoms with van der Waals surface area (Å²) in [7, 11) is 0. The maximum absolute atomic E-state index is 13.0. The molecule has 0 fully saturated rings. The summed E-state index contributed by atoms with van der Waals surface area (Å²) in [6.07, 6.45) is 1.82. The normalized spacial score (nSPS) is 12.5. The summed E-state index contributed by atoms with van der Waals surface area (Å²) in [5.41, 5.74) is 2.54. The van der Waals surface area contributed by atoms with Gasteiger partial charge in [-0.3, -0.25) is 9.59 Å². The summed E-state index contributed by atoms with van der Waals surface area (Å²) in [6, 6.07) is 21.7. The lowest BCUT2D eigenvalue weighted by Gasteiger charge is -2.36. The average Bonchev–Trinajstić information content (AvgIpc) is 2.77. The summed E-state index contributed by atoms with van der Waals surface area (Å²) in [4.78, 5) is 26.4. The topological polar surface area (TPSA) is 46.6 Å². The van der Waals surface area contributed by atoms with Crippen LogP contribution in [0.1, 0.15) is 42.5 Å². The largest absolute Gasteiger partial charge is 0.426 e. The fourth-order valence-corrected chi connectivity index (χ4v) is 4.20. The highest BCUT2D eigenvalue weighted by atomic mass is 35.5. The van der Waals surface area contributed by atoms with Gasteiger partial charge in [0.1, 0.15) is 5.75 Å². The highest BCUT2D eigenvalue weighted by Crippen LogP contribution is 2.39. The Labute approximate surface area is 204 Å². The Morgan fingerprint density at radius 3 is 2.24 bits per heavy atom. The van der Waals surface area contributed by atoms with Crippen molar-refractivity contribution in [2.75, 3.05) is 0 Å². The Hall–Kier alpha value is -3.08. The number of halogens is 2. The van der Waals surface area contributed by atoms with Gasteiger partial charge in [0.05, 0.1) is 6.04 Å². The molecule has 0 aliphatic rings. The fraction of sp³-hybridized carbons (Fsp3) is 0.185. The molecule has 3 rings (SSSR count). The number of hydrogen-bond acceptors (Lipinski definition) is 3. The summed E-state index contributed by atoms with van der Waals surface area (Å²) in [5.74, 6) is -0.394. The van der Waals surface area contributed by atoms with Crippen molar-refractivity contribution < 1.29 is 14.3 Å². The molecule has 0 N–H and O–H groups in total. The fourth-order valence-electron chi connectivity index (χ4n) is 3.88. The summed E-state index contributed by atoms with van der Waals surface area (Å²) < 4.78 is 5.38. The molecule has 0 aromatic heterocycles. The second kappa shape index (κ2) is 11.2. The van der Waals surface area contributed by atoms with E-state index >= 15 is 0 Å². The molecule has 0 aliphatic carbocycles. The number of nitrogens with zero attached hydrogens (tertiary/aromatic N) is 1. The van der Waals surface area contributed by atoms with Crippen molar-refractivity contribution in [1.29, 1.82) is 0 Å². The van der Waals surface area contributed by atoms with Crippen molar-refractivity contribution in [3.05, 3.63) is 112 Å². The third kappa shape index (κ3) is 6.25. The van der Waals surface area contributed by atoms with Gasteiger partial charge < -0.3 is 9.64 Å². The minimum Gasteiger partial charge on any atom is -0.426 e. The third-order valence-corrected chi connectivity index (χ3v) is 5.83. The Kier molecular flexibility index (Phi) is 8.32. The molecule has 6 heteroatoms. The second-order valence-electron chi connectivity index (χ2n) is 7.66. The zero-order valence-corrected chi connectivity index (χ0v) is 20.0. The van der Waals surface area contributed by atoms with E-state index in [9.17, 15) is 9.59 Å². The molecule has 0 unspecified atom stereocenters. The molecule has 170 valence electrons. The molecule has 0 bridgehead atoms. The molecule has 3 aromatic rings. The Bertz CT molecular complexity index is 1140. The molecular formula is C27H25Cl2NO3. The zero-order chi connectivity index (χ0) is 24.0. The molecule has 0 spiro atoms. The van der Waals surface area contributed by atoms with Gasteiger partial charge in [0, 0.05) is 41.9 Å². The summed E-state index contributed by atoms with van der Waals surface area (Å²) in [5, 5.41) is 1.20. The lowest BCUT2D eigenvalue weighted by Crippen LogP contribution is -2.36. The first-order valence-corrected chi connectivity index (χ1v) is 11.2. The number of carbonyl (C=O) groups is 2. The average molecular weight is 482 g/mol. The van der Waals surface area contributed by atoms with Gasteiger partial charge in [-0.1, -0.05) is 71.7 Å². The van der Waals surface area contributed by atoms with E-state index in [1.807, 2.05) is 48.5 Å². The lowest BCUT2D eigenvalue weighted by molar-refractivity contribution is -0.132. The predicted octanol–water partition coefficient (Wildman–Crippen LogP) is 6.98. The number of benzene rings is 3. The molecule has 33 heavy (non-hydrogen) atoms. The molecular weight excluding hydrogens is 457 g/mol. The molecule has 2 atom stereocenters. The van der Waals surface area contributed by atoms with Crippen LogP contribution in [0.3, 0.4) is 0 Å². The number of carbonyl (C=O) groups excluding carboxylic acids is 2. The van der Waals surface area contributed by atoms with E-state index in [1.165, 1.54) is 13.8 Å². The smallest absolute Gasteiger partial charge is 0.308 e. The zero-order valence-electron chi connectivity index (χ0n) is 18.5. The minimum absolute atomic E-state index is 0.138. The van der Waals surface area contributed by atoms with E-state index in [0.717, 1.165) is 16.7 Å². The van der Waals surface area contributed by atoms with Crippen LogP contribution < -0.4 is 4.74 Å². The first-order valence-electron chi connectivity index (χ1n) is 10.5. The van der Waals surface area contributed by atoms with Crippen molar-refractivity contribution in [3.63, 3.8) is 0 Å². The van der Waals surface area contributed by atoms with Gasteiger partial charge in [-0.15, -0.1) is 6.58 Å². The van der Waals surface area contributed by atoms with Gasteiger partial charge in [0.2, 0.25) is 5.91 Å². The lowest BCUT2D eigenvalue weighted by atomic mass is 9.85. The third-order valence-electron chi connectivity index (χ3n) is 5.35. The first-order chi connectivity index (χ1) is 15.8. The summed E-state index contributed by atoms with van der Waals surface area (Å²) in [6.45, 7) is 7.17. The SMILES string of the molecule is C=C[C@H](c1cccc(Cl)c1)[C@@H](c1ccc(Cl)cc1)N(Cc1ccccc1OC(C)=O)C(C)=O. The highest BCUT2D eigenvalue weighted by Gasteiger charge is 2.31. The van der Waals surface area contributed by atoms with Gasteiger partial charge in [-0.25, -0.2) is 0 Å². The van der Waals surface area contributed by atoms with E-state index < -0.39 is 12.0 Å². The standard InChI is InChI=1S/C27H25Cl2NO3/c1-4-25(21-9-7-10-24(29)16-21)27(20-12-14-23(28)15-13-20)30(18(2)31)17-22-8-5-6-11-26(22)33-19(3)32/h4-16,25,27H,1,17H2,2-3H3/t25-,27-/m1/s1. The first kappa shape index (κ1) is 24.6. The molecule has 0 saturated heterocycles. The summed E-state index contributed by atoms with van der Waals surface area (Å²) >= 11 is 12.4. The minimum atomic E-state index is -0.422. The molecule has 0 saturated carbocycles. The van der Waals surface area contributed by atoms with Crippen molar-refractivity contribution in [1.82, 2.24) is 4.90 Å². The highest BCUT2D eigenvalue weighted by molar-refractivity contribution is 6.30. The van der Waals surface area contributed by atoms with E-state index in [2.05, 4.69) is 6.58 Å². The number of esters is 1. The maximum atomic E-state index is 13.0. The number of rotatable bonds is 8. The monoisotopic (exact) mass is 481 g/mol. The van der Waals surface area contributed by atoms with Crippen molar-refractivity contribution in [3.8, 4) is 5.75 Å². The quantitative estimate of drug-likeness (QED) is 0.198. The van der Waals surface area contributed by atoms with Crippen LogP contribution >= 0.6 is 23.2 Å². The molecule has 0 heterocycles. The number of amides is 1. The maximum Gasteiger partial charge on any atom is 0.308 e. The van der Waals surface area contributed by atoms with Crippen molar-refractivity contribution in [2.45, 2.75) is 32.4 Å². The van der Waals surface area contributed by atoms with Crippen molar-refractivity contribution >= 4 is 35.1 Å². The van der Waals surface area contributed by atoms with Crippen LogP contribution in [0.25, 0.3) is 0 Å². The second-order valence-corrected chi connectivity index (χ2v) is 8.53. The Morgan fingerprint density at radius 1 is 0.939 bits per heavy atom. The predicted molar refractivity (Wildman–Crippen MR) is 133 cm³/mol. The number of para-hydroxylation sites is 1. The van der Waals surface area contributed by atoms with Crippen LogP contribution in [0, 0.1) is 0 Å². The molecule has 4 nitrogen and oxygen atoms in total. The van der Waals surface area contributed by atoms with Crippen LogP contribution in [0.2, 0.25) is 10.0 Å². The van der Waals surface area contributed by atoms with Crippen LogP contribution in [0.4, 0.5) is 0 Å². The van der Waals surface area contributed by atoms with Crippen LogP contribution in [0.5, 0.6) is 5.75 Å². The van der Waals surface area contributed by atoms with E-state index in [-0.39, 0.29) is 18.4 Å². The van der Waals surface area contributed by atoms with Crippen LogP contribution in [0.15, 0.2) is 85.5 Å². The molecule has 0 radical (unpaired) electrons.